The maximum atomic E-state index is 13.5. The number of halogens is 1. The number of nitrogens with zero attached hydrogens (tertiary/aromatic N) is 1. The third-order valence-corrected chi connectivity index (χ3v) is 6.86. The predicted octanol–water partition coefficient (Wildman–Crippen LogP) is 5.09. The van der Waals surface area contributed by atoms with Crippen LogP contribution in [0.15, 0.2) is 59.5 Å². The highest BCUT2D eigenvalue weighted by molar-refractivity contribution is 7.99. The summed E-state index contributed by atoms with van der Waals surface area (Å²) in [5, 5.41) is 0.683. The maximum Gasteiger partial charge on any atom is 0.310 e. The number of amides is 1. The molecular weight excluding hydrogens is 418 g/mol. The van der Waals surface area contributed by atoms with Crippen LogP contribution in [-0.4, -0.2) is 42.2 Å². The van der Waals surface area contributed by atoms with Crippen LogP contribution in [0.5, 0.6) is 0 Å². The molecule has 0 aromatic heterocycles. The molecule has 2 aromatic rings. The van der Waals surface area contributed by atoms with E-state index in [0.29, 0.717) is 36.9 Å². The van der Waals surface area contributed by atoms with Crippen LogP contribution in [0, 0.1) is 11.8 Å². The van der Waals surface area contributed by atoms with Gasteiger partial charge in [-0.3, -0.25) is 9.59 Å². The van der Waals surface area contributed by atoms with Gasteiger partial charge in [-0.05, 0) is 49.9 Å². The van der Waals surface area contributed by atoms with E-state index in [1.807, 2.05) is 54.3 Å². The zero-order valence-electron chi connectivity index (χ0n) is 17.3. The lowest BCUT2D eigenvalue weighted by Gasteiger charge is -2.34. The molecule has 0 bridgehead atoms. The topological polar surface area (TPSA) is 46.6 Å². The molecule has 3 rings (SSSR count). The van der Waals surface area contributed by atoms with Gasteiger partial charge in [-0.1, -0.05) is 48.0 Å². The number of thioether (sulfide) groups is 1. The number of piperidine rings is 1. The van der Waals surface area contributed by atoms with Crippen LogP contribution in [0.1, 0.15) is 25.3 Å². The Hall–Kier alpha value is -1.98. The molecular formula is C24H28ClNO3S. The first kappa shape index (κ1) is 22.7. The second kappa shape index (κ2) is 11.4. The van der Waals surface area contributed by atoms with Crippen molar-refractivity contribution in [1.82, 2.24) is 4.90 Å². The molecule has 0 spiro atoms. The smallest absolute Gasteiger partial charge is 0.310 e. The van der Waals surface area contributed by atoms with Gasteiger partial charge in [0, 0.05) is 28.8 Å². The Kier molecular flexibility index (Phi) is 8.64. The van der Waals surface area contributed by atoms with Crippen molar-refractivity contribution >= 4 is 35.2 Å². The molecule has 0 radical (unpaired) electrons. The molecule has 0 unspecified atom stereocenters. The fraction of sp³-hybridized carbons (Fsp3) is 0.417. The van der Waals surface area contributed by atoms with Crippen LogP contribution >= 0.6 is 23.4 Å². The molecule has 4 nitrogen and oxygen atoms in total. The van der Waals surface area contributed by atoms with E-state index in [-0.39, 0.29) is 23.7 Å². The summed E-state index contributed by atoms with van der Waals surface area (Å²) < 4.78 is 5.19. The highest BCUT2D eigenvalue weighted by Crippen LogP contribution is 2.28. The molecule has 1 aliphatic rings. The number of likely N-dealkylation sites (tertiary alicyclic amines) is 1. The molecule has 1 heterocycles. The van der Waals surface area contributed by atoms with Crippen LogP contribution < -0.4 is 0 Å². The van der Waals surface area contributed by atoms with Gasteiger partial charge in [0.15, 0.2) is 0 Å². The summed E-state index contributed by atoms with van der Waals surface area (Å²) in [6, 6.07) is 17.8. The van der Waals surface area contributed by atoms with Crippen molar-refractivity contribution in [2.24, 2.45) is 11.8 Å². The number of rotatable bonds is 8. The Labute approximate surface area is 187 Å². The first-order valence-electron chi connectivity index (χ1n) is 10.4. The maximum absolute atomic E-state index is 13.5. The van der Waals surface area contributed by atoms with Crippen molar-refractivity contribution in [3.8, 4) is 0 Å². The molecule has 2 atom stereocenters. The van der Waals surface area contributed by atoms with Crippen molar-refractivity contribution < 1.29 is 14.3 Å². The van der Waals surface area contributed by atoms with Gasteiger partial charge in [0.25, 0.3) is 0 Å². The molecule has 0 aliphatic carbocycles. The van der Waals surface area contributed by atoms with E-state index in [0.717, 1.165) is 23.3 Å². The number of hydrogen-bond donors (Lipinski definition) is 0. The summed E-state index contributed by atoms with van der Waals surface area (Å²) in [6.07, 6.45) is 2.18. The van der Waals surface area contributed by atoms with Gasteiger partial charge in [0.1, 0.15) is 0 Å². The quantitative estimate of drug-likeness (QED) is 0.419. The van der Waals surface area contributed by atoms with Crippen molar-refractivity contribution in [2.45, 2.75) is 31.1 Å². The lowest BCUT2D eigenvalue weighted by molar-refractivity contribution is -0.151. The molecule has 1 saturated heterocycles. The predicted molar refractivity (Wildman–Crippen MR) is 122 cm³/mol. The second-order valence-corrected chi connectivity index (χ2v) is 8.99. The van der Waals surface area contributed by atoms with E-state index < -0.39 is 0 Å². The first-order valence-corrected chi connectivity index (χ1v) is 11.8. The van der Waals surface area contributed by atoms with Crippen molar-refractivity contribution in [1.29, 1.82) is 0 Å². The fourth-order valence-electron chi connectivity index (χ4n) is 3.75. The van der Waals surface area contributed by atoms with E-state index >= 15 is 0 Å². The Morgan fingerprint density at radius 2 is 1.90 bits per heavy atom. The number of carbonyl (C=O) groups excluding carboxylic acids is 2. The molecule has 1 aliphatic heterocycles. The standard InChI is InChI=1S/C24H28ClNO3S/c1-2-29-24(28)19-10-8-14-26(16-19)23(27)20(15-18-9-6-7-13-22(18)25)17-30-21-11-4-3-5-12-21/h3-7,9,11-13,19-20H,2,8,10,14-17H2,1H3/t19-,20+/m1/s1. The molecule has 30 heavy (non-hydrogen) atoms. The summed E-state index contributed by atoms with van der Waals surface area (Å²) in [6.45, 7) is 3.30. The third kappa shape index (κ3) is 6.26. The number of ether oxygens (including phenoxy) is 1. The molecule has 160 valence electrons. The molecule has 1 amide bonds. The first-order chi connectivity index (χ1) is 14.6. The average Bonchev–Trinajstić information content (AvgIpc) is 2.78. The molecule has 0 saturated carbocycles. The number of esters is 1. The number of carbonyl (C=O) groups is 2. The van der Waals surface area contributed by atoms with Gasteiger partial charge in [0.05, 0.1) is 18.4 Å². The van der Waals surface area contributed by atoms with Crippen LogP contribution in [0.2, 0.25) is 5.02 Å². The van der Waals surface area contributed by atoms with Crippen molar-refractivity contribution in [2.75, 3.05) is 25.4 Å². The summed E-state index contributed by atoms with van der Waals surface area (Å²) >= 11 is 8.06. The van der Waals surface area contributed by atoms with E-state index in [9.17, 15) is 9.59 Å². The lowest BCUT2D eigenvalue weighted by Crippen LogP contribution is -2.46. The number of benzene rings is 2. The second-order valence-electron chi connectivity index (χ2n) is 7.49. The van der Waals surface area contributed by atoms with E-state index in [1.165, 1.54) is 0 Å². The molecule has 6 heteroatoms. The summed E-state index contributed by atoms with van der Waals surface area (Å²) in [7, 11) is 0. The SMILES string of the molecule is CCOC(=O)[C@@H]1CCCN(C(=O)[C@H](CSc2ccccc2)Cc2ccccc2Cl)C1. The van der Waals surface area contributed by atoms with Gasteiger partial charge < -0.3 is 9.64 Å². The Morgan fingerprint density at radius 1 is 1.17 bits per heavy atom. The van der Waals surface area contributed by atoms with Crippen LogP contribution in [0.25, 0.3) is 0 Å². The van der Waals surface area contributed by atoms with Crippen LogP contribution in [-0.2, 0) is 20.7 Å². The van der Waals surface area contributed by atoms with Gasteiger partial charge in [-0.15, -0.1) is 11.8 Å². The minimum Gasteiger partial charge on any atom is -0.466 e. The summed E-state index contributed by atoms with van der Waals surface area (Å²) in [5.74, 6) is 0.111. The highest BCUT2D eigenvalue weighted by atomic mass is 35.5. The largest absolute Gasteiger partial charge is 0.466 e. The summed E-state index contributed by atoms with van der Waals surface area (Å²) in [5.41, 5.74) is 0.977. The van der Waals surface area contributed by atoms with Crippen molar-refractivity contribution in [3.63, 3.8) is 0 Å². The molecule has 0 N–H and O–H groups in total. The van der Waals surface area contributed by atoms with Crippen molar-refractivity contribution in [3.05, 3.63) is 65.2 Å². The normalized spacial score (nSPS) is 17.4. The number of hydrogen-bond acceptors (Lipinski definition) is 4. The third-order valence-electron chi connectivity index (χ3n) is 5.32. The van der Waals surface area contributed by atoms with E-state index in [2.05, 4.69) is 12.1 Å². The van der Waals surface area contributed by atoms with E-state index in [4.69, 9.17) is 16.3 Å². The monoisotopic (exact) mass is 445 g/mol. The zero-order chi connectivity index (χ0) is 21.3. The average molecular weight is 446 g/mol. The minimum absolute atomic E-state index is 0.0901. The highest BCUT2D eigenvalue weighted by Gasteiger charge is 2.32. The van der Waals surface area contributed by atoms with E-state index in [1.54, 1.807) is 11.8 Å². The Morgan fingerprint density at radius 3 is 2.63 bits per heavy atom. The van der Waals surface area contributed by atoms with Crippen LogP contribution in [0.3, 0.4) is 0 Å². The minimum atomic E-state index is -0.231. The van der Waals surface area contributed by atoms with Gasteiger partial charge >= 0.3 is 5.97 Å². The lowest BCUT2D eigenvalue weighted by atomic mass is 9.94. The fourth-order valence-corrected chi connectivity index (χ4v) is 4.97. The zero-order valence-corrected chi connectivity index (χ0v) is 18.8. The molecule has 1 fully saturated rings. The van der Waals surface area contributed by atoms with Gasteiger partial charge in [0.2, 0.25) is 5.91 Å². The van der Waals surface area contributed by atoms with Gasteiger partial charge in [-0.2, -0.15) is 0 Å². The van der Waals surface area contributed by atoms with Gasteiger partial charge in [-0.25, -0.2) is 0 Å². The Bertz CT molecular complexity index is 845. The molecule has 2 aromatic carbocycles. The van der Waals surface area contributed by atoms with Crippen LogP contribution in [0.4, 0.5) is 0 Å². The summed E-state index contributed by atoms with van der Waals surface area (Å²) in [4.78, 5) is 28.7. The Balaban J connectivity index is 1.73.